The molecule has 0 aromatic rings. The second-order valence-electron chi connectivity index (χ2n) is 4.59. The fraction of sp³-hybridized carbons (Fsp3) is 0.889. The Labute approximate surface area is 80.3 Å². The molecule has 1 aliphatic rings. The number of piperazine rings is 1. The second-order valence-corrected chi connectivity index (χ2v) is 4.59. The molecule has 1 fully saturated rings. The van der Waals surface area contributed by atoms with Crippen LogP contribution in [0.2, 0.25) is 0 Å². The van der Waals surface area contributed by atoms with Gasteiger partial charge in [-0.15, -0.1) is 0 Å². The van der Waals surface area contributed by atoms with Crippen LogP contribution in [0.3, 0.4) is 0 Å². The number of hydrogen-bond donors (Lipinski definition) is 0. The van der Waals surface area contributed by atoms with Gasteiger partial charge in [0.2, 0.25) is 0 Å². The molecule has 1 saturated heterocycles. The van der Waals surface area contributed by atoms with E-state index in [9.17, 15) is 4.79 Å². The molecule has 1 aliphatic heterocycles. The lowest BCUT2D eigenvalue weighted by Gasteiger charge is -2.35. The molecule has 76 valence electrons. The summed E-state index contributed by atoms with van der Waals surface area (Å²) >= 11 is 0. The van der Waals surface area contributed by atoms with Gasteiger partial charge >= 0.3 is 6.03 Å². The summed E-state index contributed by atoms with van der Waals surface area (Å²) in [7, 11) is 7.84. The predicted molar refractivity (Wildman–Crippen MR) is 52.5 cm³/mol. The quantitative estimate of drug-likeness (QED) is 0.499. The Bertz CT molecular complexity index is 190. The second kappa shape index (κ2) is 3.64. The largest absolute Gasteiger partial charge is 0.418 e. The third kappa shape index (κ3) is 2.67. The van der Waals surface area contributed by atoms with Crippen molar-refractivity contribution in [2.24, 2.45) is 0 Å². The Hall–Kier alpha value is -0.610. The van der Waals surface area contributed by atoms with Crippen LogP contribution in [0.4, 0.5) is 4.79 Å². The minimum Gasteiger partial charge on any atom is -0.303 e. The molecule has 0 aromatic carbocycles. The minimum atomic E-state index is 0.216. The lowest BCUT2D eigenvalue weighted by Crippen LogP contribution is -2.56. The lowest BCUT2D eigenvalue weighted by molar-refractivity contribution is -0.791. The molecule has 0 atom stereocenters. The highest BCUT2D eigenvalue weighted by atomic mass is 16.2. The lowest BCUT2D eigenvalue weighted by atomic mass is 10.3. The van der Waals surface area contributed by atoms with Crippen LogP contribution in [0.1, 0.15) is 0 Å². The van der Waals surface area contributed by atoms with Crippen molar-refractivity contribution in [1.82, 2.24) is 9.80 Å². The molecule has 13 heavy (non-hydrogen) atoms. The zero-order chi connectivity index (χ0) is 10.1. The molecule has 0 unspecified atom stereocenters. The van der Waals surface area contributed by atoms with Crippen LogP contribution < -0.4 is 0 Å². The van der Waals surface area contributed by atoms with Crippen molar-refractivity contribution in [3.63, 3.8) is 0 Å². The summed E-state index contributed by atoms with van der Waals surface area (Å²) in [5.41, 5.74) is 0. The summed E-state index contributed by atoms with van der Waals surface area (Å²) in [6.45, 7) is 3.72. The summed E-state index contributed by atoms with van der Waals surface area (Å²) in [5.74, 6) is 0. The number of hydrogen-bond acceptors (Lipinski definition) is 2. The minimum absolute atomic E-state index is 0.216. The van der Waals surface area contributed by atoms with Crippen LogP contribution in [-0.2, 0) is 0 Å². The predicted octanol–water partition coefficient (Wildman–Crippen LogP) is 0.0600. The highest BCUT2D eigenvalue weighted by molar-refractivity contribution is 5.66. The molecule has 0 aromatic heterocycles. The monoisotopic (exact) mass is 186 g/mol. The molecule has 0 radical (unpaired) electrons. The normalized spacial score (nSPS) is 20.5. The highest BCUT2D eigenvalue weighted by Crippen LogP contribution is 2.05. The molecule has 0 N–H and O–H groups in total. The molecule has 4 nitrogen and oxygen atoms in total. The van der Waals surface area contributed by atoms with Crippen LogP contribution in [0.25, 0.3) is 0 Å². The molecular weight excluding hydrogens is 166 g/mol. The first-order valence-corrected chi connectivity index (χ1v) is 4.71. The zero-order valence-corrected chi connectivity index (χ0v) is 9.08. The molecular formula is C9H20N3O+. The third-order valence-electron chi connectivity index (χ3n) is 2.35. The van der Waals surface area contributed by atoms with Crippen molar-refractivity contribution in [2.45, 2.75) is 0 Å². The fourth-order valence-electron chi connectivity index (χ4n) is 1.42. The van der Waals surface area contributed by atoms with E-state index >= 15 is 0 Å². The molecule has 1 rings (SSSR count). The van der Waals surface area contributed by atoms with Gasteiger partial charge in [0.15, 0.2) is 0 Å². The first-order valence-electron chi connectivity index (χ1n) is 4.71. The van der Waals surface area contributed by atoms with Crippen molar-refractivity contribution in [3.8, 4) is 0 Å². The number of urea groups is 1. The van der Waals surface area contributed by atoms with Crippen LogP contribution in [-0.4, -0.2) is 74.7 Å². The smallest absolute Gasteiger partial charge is 0.303 e. The molecule has 0 spiro atoms. The molecule has 2 amide bonds. The first kappa shape index (κ1) is 10.5. The Morgan fingerprint density at radius 2 is 1.54 bits per heavy atom. The maximum absolute atomic E-state index is 11.8. The molecule has 1 heterocycles. The van der Waals surface area contributed by atoms with Gasteiger partial charge in [-0.05, 0) is 7.05 Å². The topological polar surface area (TPSA) is 23.6 Å². The number of nitrogens with zero attached hydrogens (tertiary/aromatic N) is 3. The maximum atomic E-state index is 11.8. The van der Waals surface area contributed by atoms with Crippen molar-refractivity contribution in [3.05, 3.63) is 0 Å². The summed E-state index contributed by atoms with van der Waals surface area (Å²) in [4.78, 5) is 16.0. The van der Waals surface area contributed by atoms with Gasteiger partial charge in [-0.2, -0.15) is 0 Å². The maximum Gasteiger partial charge on any atom is 0.418 e. The van der Waals surface area contributed by atoms with Gasteiger partial charge in [-0.1, -0.05) is 0 Å². The highest BCUT2D eigenvalue weighted by Gasteiger charge is 2.29. The molecule has 0 saturated carbocycles. The van der Waals surface area contributed by atoms with E-state index in [2.05, 4.69) is 11.9 Å². The number of carbonyl (C=O) groups excluding carboxylic acids is 1. The van der Waals surface area contributed by atoms with Crippen molar-refractivity contribution in [2.75, 3.05) is 54.4 Å². The van der Waals surface area contributed by atoms with E-state index in [0.717, 1.165) is 26.2 Å². The Balaban J connectivity index is 2.50. The van der Waals surface area contributed by atoms with Gasteiger partial charge in [0.25, 0.3) is 0 Å². The van der Waals surface area contributed by atoms with Crippen molar-refractivity contribution >= 4 is 6.03 Å². The summed E-state index contributed by atoms with van der Waals surface area (Å²) in [6.07, 6.45) is 0. The van der Waals surface area contributed by atoms with Crippen LogP contribution in [0, 0.1) is 0 Å². The van der Waals surface area contributed by atoms with Gasteiger partial charge < -0.3 is 4.90 Å². The SMILES string of the molecule is CN1CCN(C(=O)[N+](C)(C)C)CC1. The van der Waals surface area contributed by atoms with Gasteiger partial charge in [0, 0.05) is 26.2 Å². The fourth-order valence-corrected chi connectivity index (χ4v) is 1.42. The van der Waals surface area contributed by atoms with Crippen molar-refractivity contribution < 1.29 is 9.28 Å². The first-order chi connectivity index (χ1) is 5.91. The summed E-state index contributed by atoms with van der Waals surface area (Å²) in [6, 6.07) is 0.216. The van der Waals surface area contributed by atoms with Gasteiger partial charge in [-0.3, -0.25) is 4.90 Å². The Morgan fingerprint density at radius 1 is 1.08 bits per heavy atom. The van der Waals surface area contributed by atoms with Gasteiger partial charge in [0.1, 0.15) is 0 Å². The summed E-state index contributed by atoms with van der Waals surface area (Å²) < 4.78 is 0.393. The molecule has 0 bridgehead atoms. The number of likely N-dealkylation sites (N-methyl/N-ethyl adjacent to an activating group) is 1. The van der Waals surface area contributed by atoms with Gasteiger partial charge in [0.05, 0.1) is 21.1 Å². The molecule has 4 heteroatoms. The number of quaternary nitrogens is 1. The van der Waals surface area contributed by atoms with Gasteiger partial charge in [-0.25, -0.2) is 9.28 Å². The number of amides is 2. The van der Waals surface area contributed by atoms with E-state index in [1.165, 1.54) is 0 Å². The Kier molecular flexibility index (Phi) is 2.93. The molecule has 0 aliphatic carbocycles. The zero-order valence-electron chi connectivity index (χ0n) is 9.08. The van der Waals surface area contributed by atoms with E-state index in [4.69, 9.17) is 0 Å². The third-order valence-corrected chi connectivity index (χ3v) is 2.35. The van der Waals surface area contributed by atoms with Crippen LogP contribution in [0.15, 0.2) is 0 Å². The standard InChI is InChI=1S/C9H20N3O/c1-10-5-7-11(8-6-10)9(13)12(2,3)4/h5-8H2,1-4H3/q+1. The van der Waals surface area contributed by atoms with E-state index in [0.29, 0.717) is 4.48 Å². The average molecular weight is 186 g/mol. The summed E-state index contributed by atoms with van der Waals surface area (Å²) in [5, 5.41) is 0. The number of rotatable bonds is 0. The Morgan fingerprint density at radius 3 is 1.92 bits per heavy atom. The van der Waals surface area contributed by atoms with Crippen molar-refractivity contribution in [1.29, 1.82) is 0 Å². The number of carbonyl (C=O) groups is 1. The average Bonchev–Trinajstić information content (AvgIpc) is 2.03. The van der Waals surface area contributed by atoms with E-state index < -0.39 is 0 Å². The van der Waals surface area contributed by atoms with E-state index in [1.807, 2.05) is 26.0 Å². The van der Waals surface area contributed by atoms with Crippen LogP contribution >= 0.6 is 0 Å². The van der Waals surface area contributed by atoms with E-state index in [-0.39, 0.29) is 6.03 Å². The van der Waals surface area contributed by atoms with E-state index in [1.54, 1.807) is 0 Å². The van der Waals surface area contributed by atoms with Crippen LogP contribution in [0.5, 0.6) is 0 Å².